The molecule has 5 nitrogen and oxygen atoms in total. The molecule has 0 saturated carbocycles. The van der Waals surface area contributed by atoms with Crippen molar-refractivity contribution in [2.75, 3.05) is 23.4 Å². The zero-order valence-corrected chi connectivity index (χ0v) is 12.4. The number of pyridine rings is 1. The number of aryl methyl sites for hydroxylation is 1. The minimum Gasteiger partial charge on any atom is -0.321 e. The number of amides is 1. The lowest BCUT2D eigenvalue weighted by Crippen LogP contribution is -2.40. The minimum absolute atomic E-state index is 0. The molecule has 1 saturated heterocycles. The zero-order valence-electron chi connectivity index (χ0n) is 10.7. The Morgan fingerprint density at radius 2 is 2.42 bits per heavy atom. The van der Waals surface area contributed by atoms with E-state index in [1.54, 1.807) is 25.4 Å². The van der Waals surface area contributed by atoms with Gasteiger partial charge < -0.3 is 15.2 Å². The average molecular weight is 304 g/mol. The van der Waals surface area contributed by atoms with E-state index in [-0.39, 0.29) is 29.9 Å². The zero-order chi connectivity index (χ0) is 13.0. The maximum Gasteiger partial charge on any atom is 0.274 e. The Labute approximate surface area is 122 Å². The summed E-state index contributed by atoms with van der Waals surface area (Å²) in [7, 11) is 1.66. The highest BCUT2D eigenvalue weighted by Gasteiger charge is 2.17. The molecule has 1 aromatic rings. The largest absolute Gasteiger partial charge is 0.321 e. The third-order valence-electron chi connectivity index (χ3n) is 2.83. The number of carbonyl (C=O) groups is 1. The van der Waals surface area contributed by atoms with Gasteiger partial charge in [-0.05, 0) is 12.1 Å². The van der Waals surface area contributed by atoms with Crippen LogP contribution in [-0.4, -0.2) is 34.6 Å². The molecule has 0 spiro atoms. The van der Waals surface area contributed by atoms with Gasteiger partial charge in [-0.3, -0.25) is 9.59 Å². The molecule has 0 aromatic carbocycles. The van der Waals surface area contributed by atoms with E-state index in [2.05, 4.69) is 10.6 Å². The molecule has 106 valence electrons. The quantitative estimate of drug-likeness (QED) is 0.869. The van der Waals surface area contributed by atoms with E-state index in [9.17, 15) is 9.59 Å². The average Bonchev–Trinajstić information content (AvgIpc) is 2.36. The summed E-state index contributed by atoms with van der Waals surface area (Å²) in [6.07, 6.45) is 2.07. The monoisotopic (exact) mass is 303 g/mol. The van der Waals surface area contributed by atoms with Crippen molar-refractivity contribution in [3.63, 3.8) is 0 Å². The van der Waals surface area contributed by atoms with Gasteiger partial charge in [-0.2, -0.15) is 11.8 Å². The third-order valence-corrected chi connectivity index (χ3v) is 3.96. The van der Waals surface area contributed by atoms with E-state index >= 15 is 0 Å². The Morgan fingerprint density at radius 1 is 1.63 bits per heavy atom. The summed E-state index contributed by atoms with van der Waals surface area (Å²) in [5.41, 5.74) is 0.158. The molecule has 2 rings (SSSR count). The maximum absolute atomic E-state index is 11.8. The first-order valence-electron chi connectivity index (χ1n) is 5.93. The Bertz CT molecular complexity index is 486. The molecule has 2 heterocycles. The van der Waals surface area contributed by atoms with Crippen molar-refractivity contribution < 1.29 is 4.79 Å². The highest BCUT2D eigenvalue weighted by Crippen LogP contribution is 2.11. The van der Waals surface area contributed by atoms with E-state index in [0.29, 0.717) is 12.1 Å². The van der Waals surface area contributed by atoms with Gasteiger partial charge in [0.2, 0.25) is 5.91 Å². The molecule has 1 aliphatic heterocycles. The first-order valence-corrected chi connectivity index (χ1v) is 7.09. The number of anilines is 1. The number of aromatic nitrogens is 1. The fourth-order valence-electron chi connectivity index (χ4n) is 1.87. The van der Waals surface area contributed by atoms with E-state index < -0.39 is 0 Å². The molecule has 1 atom stereocenters. The van der Waals surface area contributed by atoms with Gasteiger partial charge in [0.15, 0.2) is 0 Å². The summed E-state index contributed by atoms with van der Waals surface area (Å²) >= 11 is 1.85. The smallest absolute Gasteiger partial charge is 0.274 e. The van der Waals surface area contributed by atoms with Crippen LogP contribution >= 0.6 is 24.2 Å². The molecule has 1 aliphatic rings. The summed E-state index contributed by atoms with van der Waals surface area (Å²) in [5.74, 6) is 1.93. The molecule has 1 amide bonds. The third kappa shape index (κ3) is 4.56. The van der Waals surface area contributed by atoms with Gasteiger partial charge in [-0.25, -0.2) is 0 Å². The summed E-state index contributed by atoms with van der Waals surface area (Å²) in [4.78, 5) is 23.6. The fraction of sp³-hybridized carbons (Fsp3) is 0.500. The van der Waals surface area contributed by atoms with Crippen LogP contribution in [0.3, 0.4) is 0 Å². The molecule has 0 radical (unpaired) electrons. The van der Waals surface area contributed by atoms with E-state index in [1.807, 2.05) is 11.8 Å². The van der Waals surface area contributed by atoms with Gasteiger partial charge in [-0.15, -0.1) is 12.4 Å². The SMILES string of the molecule is Cl.Cn1cccc(NC(=O)CC2CSCCN2)c1=O. The molecule has 2 N–H and O–H groups in total. The number of halogens is 1. The topological polar surface area (TPSA) is 63.1 Å². The second-order valence-electron chi connectivity index (χ2n) is 4.32. The van der Waals surface area contributed by atoms with Crippen molar-refractivity contribution in [1.29, 1.82) is 0 Å². The number of nitrogens with zero attached hydrogens (tertiary/aromatic N) is 1. The van der Waals surface area contributed by atoms with Crippen molar-refractivity contribution in [3.05, 3.63) is 28.7 Å². The lowest BCUT2D eigenvalue weighted by molar-refractivity contribution is -0.116. The van der Waals surface area contributed by atoms with Gasteiger partial charge in [0.1, 0.15) is 5.69 Å². The molecule has 0 aliphatic carbocycles. The Hall–Kier alpha value is -0.980. The second-order valence-corrected chi connectivity index (χ2v) is 5.47. The molecule has 1 unspecified atom stereocenters. The number of hydrogen-bond acceptors (Lipinski definition) is 4. The summed E-state index contributed by atoms with van der Waals surface area (Å²) in [5, 5.41) is 5.97. The normalized spacial score (nSPS) is 18.5. The van der Waals surface area contributed by atoms with Crippen LogP contribution in [0, 0.1) is 0 Å². The molecule has 19 heavy (non-hydrogen) atoms. The molecular weight excluding hydrogens is 286 g/mol. The van der Waals surface area contributed by atoms with Crippen LogP contribution in [0.1, 0.15) is 6.42 Å². The minimum atomic E-state index is -0.183. The second kappa shape index (κ2) is 7.57. The van der Waals surface area contributed by atoms with Crippen LogP contribution in [0.5, 0.6) is 0 Å². The maximum atomic E-state index is 11.8. The lowest BCUT2D eigenvalue weighted by atomic mass is 10.2. The molecule has 0 bridgehead atoms. The van der Waals surface area contributed by atoms with Gasteiger partial charge >= 0.3 is 0 Å². The fourth-order valence-corrected chi connectivity index (χ4v) is 2.82. The first-order chi connectivity index (χ1) is 8.66. The van der Waals surface area contributed by atoms with Gasteiger partial charge in [0.05, 0.1) is 0 Å². The lowest BCUT2D eigenvalue weighted by Gasteiger charge is -2.22. The summed E-state index contributed by atoms with van der Waals surface area (Å²) in [6.45, 7) is 0.940. The molecule has 1 aromatic heterocycles. The van der Waals surface area contributed by atoms with Crippen molar-refractivity contribution in [1.82, 2.24) is 9.88 Å². The van der Waals surface area contributed by atoms with E-state index in [0.717, 1.165) is 18.1 Å². The van der Waals surface area contributed by atoms with Crippen LogP contribution in [0.4, 0.5) is 5.69 Å². The van der Waals surface area contributed by atoms with Crippen LogP contribution in [0.15, 0.2) is 23.1 Å². The predicted molar refractivity (Wildman–Crippen MR) is 81.3 cm³/mol. The Kier molecular flexibility index (Phi) is 6.41. The summed E-state index contributed by atoms with van der Waals surface area (Å²) < 4.78 is 1.45. The molecule has 7 heteroatoms. The Morgan fingerprint density at radius 3 is 3.11 bits per heavy atom. The van der Waals surface area contributed by atoms with Crippen molar-refractivity contribution >= 4 is 35.8 Å². The number of nitrogens with one attached hydrogen (secondary N) is 2. The number of hydrogen-bond donors (Lipinski definition) is 2. The van der Waals surface area contributed by atoms with Crippen LogP contribution in [0.25, 0.3) is 0 Å². The van der Waals surface area contributed by atoms with Gasteiger partial charge in [0, 0.05) is 43.8 Å². The molecular formula is C12H18ClN3O2S. The predicted octanol–water partition coefficient (Wildman–Crippen LogP) is 0.841. The Balaban J connectivity index is 0.00000180. The highest BCUT2D eigenvalue weighted by atomic mass is 35.5. The highest BCUT2D eigenvalue weighted by molar-refractivity contribution is 7.99. The molecule has 1 fully saturated rings. The van der Waals surface area contributed by atoms with Crippen LogP contribution < -0.4 is 16.2 Å². The van der Waals surface area contributed by atoms with Crippen molar-refractivity contribution in [2.45, 2.75) is 12.5 Å². The van der Waals surface area contributed by atoms with Crippen LogP contribution in [-0.2, 0) is 11.8 Å². The van der Waals surface area contributed by atoms with E-state index in [4.69, 9.17) is 0 Å². The first kappa shape index (κ1) is 16.1. The van der Waals surface area contributed by atoms with Gasteiger partial charge in [0.25, 0.3) is 5.56 Å². The van der Waals surface area contributed by atoms with E-state index in [1.165, 1.54) is 4.57 Å². The van der Waals surface area contributed by atoms with Crippen molar-refractivity contribution in [3.8, 4) is 0 Å². The standard InChI is InChI=1S/C12H17N3O2S.ClH/c1-15-5-2-3-10(12(15)17)14-11(16)7-9-8-18-6-4-13-9;/h2-3,5,9,13H,4,6-8H2,1H3,(H,14,16);1H. The van der Waals surface area contributed by atoms with Crippen molar-refractivity contribution in [2.24, 2.45) is 7.05 Å². The number of rotatable bonds is 3. The number of thioether (sulfide) groups is 1. The summed E-state index contributed by atoms with van der Waals surface area (Å²) in [6, 6.07) is 3.57. The van der Waals surface area contributed by atoms with Gasteiger partial charge in [-0.1, -0.05) is 0 Å². The van der Waals surface area contributed by atoms with Crippen LogP contribution in [0.2, 0.25) is 0 Å². The number of carbonyl (C=O) groups excluding carboxylic acids is 1.